The van der Waals surface area contributed by atoms with Gasteiger partial charge in [0.05, 0.1) is 5.56 Å². The highest BCUT2D eigenvalue weighted by molar-refractivity contribution is 14.1. The number of carbonyl (C=O) groups excluding carboxylic acids is 1. The Morgan fingerprint density at radius 3 is 3.06 bits per heavy atom. The molecule has 1 fully saturated rings. The van der Waals surface area contributed by atoms with Crippen molar-refractivity contribution < 1.29 is 4.79 Å². The number of nitrogens with one attached hydrogen (secondary N) is 1. The lowest BCUT2D eigenvalue weighted by atomic mass is 10.1. The van der Waals surface area contributed by atoms with Gasteiger partial charge in [0.25, 0.3) is 5.91 Å². The van der Waals surface area contributed by atoms with Gasteiger partial charge in [-0.15, -0.1) is 0 Å². The zero-order valence-corrected chi connectivity index (χ0v) is 13.3. The van der Waals surface area contributed by atoms with Crippen molar-refractivity contribution in [3.05, 3.63) is 31.8 Å². The van der Waals surface area contributed by atoms with Gasteiger partial charge in [-0.05, 0) is 47.7 Å². The monoisotopic (exact) mass is 408 g/mol. The molecule has 1 amide bonds. The predicted octanol–water partition coefficient (Wildman–Crippen LogP) is 2.49. The largest absolute Gasteiger partial charge is 0.336 e. The van der Waals surface area contributed by atoms with E-state index < -0.39 is 0 Å². The summed E-state index contributed by atoms with van der Waals surface area (Å²) in [5, 5.41) is 3.34. The summed E-state index contributed by atoms with van der Waals surface area (Å²) in [6.45, 7) is 4.54. The van der Waals surface area contributed by atoms with Crippen LogP contribution in [0.15, 0.2) is 22.7 Å². The van der Waals surface area contributed by atoms with E-state index in [9.17, 15) is 4.79 Å². The average molecular weight is 409 g/mol. The first kappa shape index (κ1) is 13.3. The normalized spacial score (nSPS) is 20.4. The fourth-order valence-electron chi connectivity index (χ4n) is 1.95. The highest BCUT2D eigenvalue weighted by atomic mass is 127. The first-order valence-corrected chi connectivity index (χ1v) is 7.43. The van der Waals surface area contributed by atoms with Gasteiger partial charge in [-0.1, -0.05) is 15.9 Å². The van der Waals surface area contributed by atoms with Crippen LogP contribution in [0, 0.1) is 3.57 Å². The maximum Gasteiger partial charge on any atom is 0.255 e. The molecule has 1 aromatic carbocycles. The number of hydrogen-bond donors (Lipinski definition) is 1. The van der Waals surface area contributed by atoms with Gasteiger partial charge in [-0.3, -0.25) is 4.79 Å². The first-order valence-electron chi connectivity index (χ1n) is 5.55. The Hall–Kier alpha value is -0.140. The van der Waals surface area contributed by atoms with Gasteiger partial charge in [0.2, 0.25) is 0 Å². The van der Waals surface area contributed by atoms with Crippen LogP contribution in [-0.2, 0) is 0 Å². The molecule has 0 spiro atoms. The molecule has 1 heterocycles. The third-order valence-electron chi connectivity index (χ3n) is 2.81. The Bertz CT molecular complexity index is 439. The number of benzene rings is 1. The Morgan fingerprint density at radius 2 is 2.35 bits per heavy atom. The molecule has 5 heteroatoms. The first-order chi connectivity index (χ1) is 8.08. The summed E-state index contributed by atoms with van der Waals surface area (Å²) in [5.41, 5.74) is 0.786. The number of nitrogens with zero attached hydrogens (tertiary/aromatic N) is 1. The minimum absolute atomic E-state index is 0.129. The topological polar surface area (TPSA) is 32.3 Å². The van der Waals surface area contributed by atoms with Crippen LogP contribution in [0.2, 0.25) is 0 Å². The molecule has 0 saturated carbocycles. The van der Waals surface area contributed by atoms with Gasteiger partial charge in [0.1, 0.15) is 0 Å². The summed E-state index contributed by atoms with van der Waals surface area (Å²) in [6, 6.07) is 6.19. The molecule has 0 aliphatic carbocycles. The standard InChI is InChI=1S/C12H14BrIN2O/c1-8-7-16(5-4-15-8)12(17)10-6-9(13)2-3-11(10)14/h2-3,6,8,15H,4-5,7H2,1H3. The lowest BCUT2D eigenvalue weighted by Gasteiger charge is -2.32. The molecule has 0 bridgehead atoms. The molecule has 1 N–H and O–H groups in total. The van der Waals surface area contributed by atoms with Crippen LogP contribution < -0.4 is 5.32 Å². The molecule has 92 valence electrons. The molecule has 0 radical (unpaired) electrons. The average Bonchev–Trinajstić information content (AvgIpc) is 2.31. The fourth-order valence-corrected chi connectivity index (χ4v) is 2.88. The summed E-state index contributed by atoms with van der Waals surface area (Å²) in [6.07, 6.45) is 0. The van der Waals surface area contributed by atoms with Crippen LogP contribution >= 0.6 is 38.5 Å². The van der Waals surface area contributed by atoms with Crippen molar-refractivity contribution in [2.24, 2.45) is 0 Å². The maximum atomic E-state index is 12.4. The molecule has 1 atom stereocenters. The number of piperazine rings is 1. The summed E-state index contributed by atoms with van der Waals surface area (Å²) in [7, 11) is 0. The van der Waals surface area contributed by atoms with Crippen LogP contribution in [0.25, 0.3) is 0 Å². The molecule has 1 saturated heterocycles. The Kier molecular flexibility index (Phi) is 4.43. The number of halogens is 2. The summed E-state index contributed by atoms with van der Waals surface area (Å²) < 4.78 is 1.95. The lowest BCUT2D eigenvalue weighted by molar-refractivity contribution is 0.0708. The van der Waals surface area contributed by atoms with Crippen LogP contribution in [-0.4, -0.2) is 36.5 Å². The van der Waals surface area contributed by atoms with Gasteiger partial charge in [0.15, 0.2) is 0 Å². The van der Waals surface area contributed by atoms with Crippen molar-refractivity contribution in [2.75, 3.05) is 19.6 Å². The minimum atomic E-state index is 0.129. The van der Waals surface area contributed by atoms with E-state index in [1.165, 1.54) is 0 Å². The molecule has 1 aliphatic rings. The molecule has 1 aliphatic heterocycles. The quantitative estimate of drug-likeness (QED) is 0.724. The molecule has 17 heavy (non-hydrogen) atoms. The fraction of sp³-hybridized carbons (Fsp3) is 0.417. The third kappa shape index (κ3) is 3.20. The Morgan fingerprint density at radius 1 is 1.59 bits per heavy atom. The van der Waals surface area contributed by atoms with E-state index in [0.29, 0.717) is 6.04 Å². The van der Waals surface area contributed by atoms with E-state index in [1.807, 2.05) is 23.1 Å². The highest BCUT2D eigenvalue weighted by Crippen LogP contribution is 2.20. The van der Waals surface area contributed by atoms with Crippen molar-refractivity contribution in [3.8, 4) is 0 Å². The molecule has 1 unspecified atom stereocenters. The van der Waals surface area contributed by atoms with Gasteiger partial charge in [-0.25, -0.2) is 0 Å². The summed E-state index contributed by atoms with van der Waals surface area (Å²) >= 11 is 5.62. The second kappa shape index (κ2) is 5.67. The number of amides is 1. The van der Waals surface area contributed by atoms with Crippen LogP contribution in [0.5, 0.6) is 0 Å². The Labute approximate surface area is 123 Å². The summed E-state index contributed by atoms with van der Waals surface area (Å²) in [4.78, 5) is 14.3. The van der Waals surface area contributed by atoms with Gasteiger partial charge in [0, 0.05) is 33.7 Å². The number of hydrogen-bond acceptors (Lipinski definition) is 2. The van der Waals surface area contributed by atoms with E-state index in [1.54, 1.807) is 0 Å². The van der Waals surface area contributed by atoms with Crippen molar-refractivity contribution in [1.82, 2.24) is 10.2 Å². The molecule has 3 nitrogen and oxygen atoms in total. The van der Waals surface area contributed by atoms with E-state index >= 15 is 0 Å². The number of carbonyl (C=O) groups is 1. The highest BCUT2D eigenvalue weighted by Gasteiger charge is 2.23. The molecule has 1 aromatic rings. The second-order valence-corrected chi connectivity index (χ2v) is 6.31. The minimum Gasteiger partial charge on any atom is -0.336 e. The molecular weight excluding hydrogens is 395 g/mol. The zero-order chi connectivity index (χ0) is 12.4. The van der Waals surface area contributed by atoms with Crippen molar-refractivity contribution in [2.45, 2.75) is 13.0 Å². The maximum absolute atomic E-state index is 12.4. The Balaban J connectivity index is 2.21. The van der Waals surface area contributed by atoms with Crippen molar-refractivity contribution in [1.29, 1.82) is 0 Å². The van der Waals surface area contributed by atoms with E-state index in [-0.39, 0.29) is 5.91 Å². The molecule has 2 rings (SSSR count). The zero-order valence-electron chi connectivity index (χ0n) is 9.54. The second-order valence-electron chi connectivity index (χ2n) is 4.23. The van der Waals surface area contributed by atoms with Crippen LogP contribution in [0.1, 0.15) is 17.3 Å². The van der Waals surface area contributed by atoms with Gasteiger partial charge < -0.3 is 10.2 Å². The van der Waals surface area contributed by atoms with Crippen LogP contribution in [0.4, 0.5) is 0 Å². The van der Waals surface area contributed by atoms with Crippen LogP contribution in [0.3, 0.4) is 0 Å². The third-order valence-corrected chi connectivity index (χ3v) is 4.25. The van der Waals surface area contributed by atoms with E-state index in [4.69, 9.17) is 0 Å². The van der Waals surface area contributed by atoms with Crippen molar-refractivity contribution in [3.63, 3.8) is 0 Å². The molecular formula is C12H14BrIN2O. The predicted molar refractivity (Wildman–Crippen MR) is 80.2 cm³/mol. The number of rotatable bonds is 1. The molecule has 0 aromatic heterocycles. The SMILES string of the molecule is CC1CN(C(=O)c2cc(Br)ccc2I)CCN1. The van der Waals surface area contributed by atoms with E-state index in [2.05, 4.69) is 50.8 Å². The van der Waals surface area contributed by atoms with Gasteiger partial charge in [-0.2, -0.15) is 0 Å². The van der Waals surface area contributed by atoms with E-state index in [0.717, 1.165) is 33.2 Å². The lowest BCUT2D eigenvalue weighted by Crippen LogP contribution is -2.51. The summed E-state index contributed by atoms with van der Waals surface area (Å²) in [5.74, 6) is 0.129. The van der Waals surface area contributed by atoms with Crippen molar-refractivity contribution >= 4 is 44.4 Å². The van der Waals surface area contributed by atoms with Gasteiger partial charge >= 0.3 is 0 Å². The smallest absolute Gasteiger partial charge is 0.255 e.